The molecule has 5 fully saturated rings. The molecule has 0 amide bonds. The molecule has 10 aromatic rings. The van der Waals surface area contributed by atoms with Gasteiger partial charge < -0.3 is 103 Å². The first kappa shape index (κ1) is 99.3. The van der Waals surface area contributed by atoms with Crippen LogP contribution in [-0.4, -0.2) is 344 Å². The van der Waals surface area contributed by atoms with Gasteiger partial charge >= 0.3 is 0 Å². The van der Waals surface area contributed by atoms with Gasteiger partial charge in [-0.05, 0) is 200 Å². The van der Waals surface area contributed by atoms with E-state index in [-0.39, 0.29) is 22.1 Å². The number of unbranched alkanes of at least 4 members (excludes halogenated alkanes) is 1. The van der Waals surface area contributed by atoms with Crippen LogP contribution in [0.4, 0.5) is 32.8 Å². The number of anilines is 5. The maximum absolute atomic E-state index is 14.3. The van der Waals surface area contributed by atoms with E-state index in [9.17, 15) is 55.5 Å². The summed E-state index contributed by atoms with van der Waals surface area (Å²) in [5.41, 5.74) is 36.7. The fourth-order valence-corrected chi connectivity index (χ4v) is 21.0. The molecule has 20 N–H and O–H groups in total. The molecule has 0 radical (unpaired) electrons. The monoisotopic (exact) mass is 1920 g/mol. The number of imidazole rings is 5. The lowest BCUT2D eigenvalue weighted by Gasteiger charge is -2.20. The van der Waals surface area contributed by atoms with Crippen molar-refractivity contribution in [3.05, 3.63) is 89.1 Å². The van der Waals surface area contributed by atoms with E-state index in [0.29, 0.717) is 111 Å². The third kappa shape index (κ3) is 23.2. The van der Waals surface area contributed by atoms with Gasteiger partial charge in [-0.2, -0.15) is 9.37 Å². The third-order valence-corrected chi connectivity index (χ3v) is 30.5. The minimum Gasteiger partial charge on any atom is -0.397 e. The molecule has 43 heteroatoms. The molecule has 0 aromatic carbocycles. The largest absolute Gasteiger partial charge is 0.397 e. The summed E-state index contributed by atoms with van der Waals surface area (Å²) in [5, 5.41) is 105. The number of aliphatic hydroxyl groups excluding tert-OH is 10. The highest BCUT2D eigenvalue weighted by Crippen LogP contribution is 2.48. The van der Waals surface area contributed by atoms with Gasteiger partial charge in [0.15, 0.2) is 64.1 Å². The van der Waals surface area contributed by atoms with Crippen molar-refractivity contribution < 1.29 is 79.1 Å². The number of hydrogen-bond donors (Lipinski definition) is 15. The first-order valence-electron chi connectivity index (χ1n) is 41.5. The van der Waals surface area contributed by atoms with Gasteiger partial charge in [0.2, 0.25) is 5.28 Å². The first-order chi connectivity index (χ1) is 58.5. The Bertz CT molecular complexity index is 5360. The van der Waals surface area contributed by atoms with Crippen LogP contribution in [0.3, 0.4) is 0 Å². The standard InChI is InChI=1S/C19H31N4O3P.C18H29N4O3P.C15H22BrN4O3P.C15H22ClN4O3P.C15H22FN4O3P/c1-5-6-7-14-22-15-12(20)8-10-21-18(15)23(14)19-17(25)16(24)13(26-19)9-11-27(2,3)4;1-5-6-13-21-14-11(19)7-9-20-17(14)22(13)18-16(24)15(23)12(25-18)8-10-26(2,3)4;3*1-24(2,3)7-5-9-11(21)12(22)14(23-9)20-13-10(19-15(20)16)8(17)4-6-18-13/h8,10,13,16-17,19,24-25H,2,5-7,9,11H2,1,3-4H3,(H2,20,21);7,9,12,15-16,18,23-24H,2,5-6,8,10H2,1,3-4H3,(H2,19,20);3*4,6,9,11-12,14,21-22H,1,5,7H2,2-3H3,(H2,17,18)/t13-,16-,17-,19?;12-,15-,16-,18?;3*9-,11-,12-,14?/m11111/s1. The van der Waals surface area contributed by atoms with Crippen LogP contribution >= 0.6 is 62.0 Å². The second-order valence-electron chi connectivity index (χ2n) is 36.2. The van der Waals surface area contributed by atoms with Crippen LogP contribution in [0.1, 0.15) is 108 Å². The Morgan fingerprint density at radius 1 is 0.360 bits per heavy atom. The molecule has 0 bridgehead atoms. The zero-order valence-corrected chi connectivity index (χ0v) is 79.8. The van der Waals surface area contributed by atoms with Crippen molar-refractivity contribution in [2.45, 2.75) is 201 Å². The summed E-state index contributed by atoms with van der Waals surface area (Å²) < 4.78 is 52.4. The van der Waals surface area contributed by atoms with E-state index in [4.69, 9.17) is 64.0 Å². The van der Waals surface area contributed by atoms with Gasteiger partial charge in [0, 0.05) is 43.8 Å². The van der Waals surface area contributed by atoms with Crippen molar-refractivity contribution in [1.82, 2.24) is 72.7 Å². The maximum atomic E-state index is 14.3. The number of nitrogen functional groups attached to an aromatic ring is 5. The number of hydrogen-bond acceptors (Lipinski definition) is 30. The molecule has 5 aliphatic heterocycles. The van der Waals surface area contributed by atoms with Gasteiger partial charge in [0.25, 0.3) is 6.08 Å². The van der Waals surface area contributed by atoms with Crippen molar-refractivity contribution in [1.29, 1.82) is 0 Å². The van der Waals surface area contributed by atoms with E-state index < -0.39 is 163 Å². The molecule has 5 saturated heterocycles. The summed E-state index contributed by atoms with van der Waals surface area (Å²) in [6.07, 6.45) is 22.5. The zero-order valence-electron chi connectivity index (χ0n) is 72.9. The van der Waals surface area contributed by atoms with Gasteiger partial charge in [0.1, 0.15) is 100 Å². The molecule has 15 rings (SSSR count). The number of rotatable bonds is 25. The van der Waals surface area contributed by atoms with Crippen LogP contribution in [0, 0.1) is 6.08 Å². The molecular weight excluding hydrogens is 1790 g/mol. The number of nitrogens with zero attached hydrogens (tertiary/aromatic N) is 15. The number of ether oxygens (including phenoxy) is 5. The lowest BCUT2D eigenvalue weighted by molar-refractivity contribution is -0.0413. The molecular formula is C82H126BrClFN20O15P5. The highest BCUT2D eigenvalue weighted by molar-refractivity contribution is 9.10. The van der Waals surface area contributed by atoms with Crippen LogP contribution in [-0.2, 0) is 36.5 Å². The molecule has 0 saturated carbocycles. The quantitative estimate of drug-likeness (QED) is 0.0246. The molecule has 10 aromatic heterocycles. The predicted octanol–water partition coefficient (Wildman–Crippen LogP) is 7.51. The summed E-state index contributed by atoms with van der Waals surface area (Å²) >= 11 is 9.58. The van der Waals surface area contributed by atoms with Gasteiger partial charge in [-0.25, -0.2) is 44.9 Å². The minimum absolute atomic E-state index is 0.109. The Hall–Kier alpha value is -6.30. The number of halogens is 3. The van der Waals surface area contributed by atoms with Crippen molar-refractivity contribution in [2.75, 3.05) is 126 Å². The summed E-state index contributed by atoms with van der Waals surface area (Å²) in [7, 11) is 0. The minimum atomic E-state index is -1.29. The van der Waals surface area contributed by atoms with Gasteiger partial charge in [-0.3, -0.25) is 22.8 Å². The van der Waals surface area contributed by atoms with Crippen molar-refractivity contribution in [2.24, 2.45) is 0 Å². The molecule has 15 heterocycles. The van der Waals surface area contributed by atoms with E-state index in [1.54, 1.807) is 52.0 Å². The fraction of sp³-hybridized carbons (Fsp3) is 0.573. The lowest BCUT2D eigenvalue weighted by atomic mass is 10.1. The molecule has 35 nitrogen and oxygen atoms in total. The summed E-state index contributed by atoms with van der Waals surface area (Å²) in [5.74, 6) is 1.54. The van der Waals surface area contributed by atoms with E-state index in [1.165, 1.54) is 23.0 Å². The van der Waals surface area contributed by atoms with Gasteiger partial charge in [-0.15, -0.1) is 65.9 Å². The lowest BCUT2D eigenvalue weighted by Crippen LogP contribution is -2.32. The molecule has 20 atom stereocenters. The molecule has 5 unspecified atom stereocenters. The van der Waals surface area contributed by atoms with Crippen LogP contribution in [0.25, 0.3) is 55.8 Å². The molecule has 125 heavy (non-hydrogen) atoms. The van der Waals surface area contributed by atoms with Crippen LogP contribution in [0.15, 0.2) is 66.0 Å². The van der Waals surface area contributed by atoms with Crippen molar-refractivity contribution in [3.63, 3.8) is 0 Å². The van der Waals surface area contributed by atoms with E-state index in [2.05, 4.69) is 178 Å². The molecule has 5 aliphatic rings. The van der Waals surface area contributed by atoms with Crippen molar-refractivity contribution >= 4 is 178 Å². The number of aromatic nitrogens is 15. The van der Waals surface area contributed by atoms with Gasteiger partial charge in [-0.1, -0.05) is 20.3 Å². The third-order valence-electron chi connectivity index (χ3n) is 22.3. The van der Waals surface area contributed by atoms with E-state index in [0.717, 1.165) is 72.7 Å². The average Bonchev–Trinajstić information content (AvgIpc) is 1.65. The summed E-state index contributed by atoms with van der Waals surface area (Å²) in [4.78, 5) is 43.0. The maximum Gasteiger partial charge on any atom is 0.293 e. The van der Waals surface area contributed by atoms with Crippen LogP contribution in [0.5, 0.6) is 0 Å². The Labute approximate surface area is 741 Å². The first-order valence-corrected chi connectivity index (χ1v) is 58.0. The Morgan fingerprint density at radius 3 is 0.912 bits per heavy atom. The van der Waals surface area contributed by atoms with Crippen LogP contribution in [0.2, 0.25) is 5.28 Å². The smallest absolute Gasteiger partial charge is 0.293 e. The number of aliphatic hydroxyl groups is 10. The fourth-order valence-electron chi connectivity index (χ4n) is 15.5. The molecule has 690 valence electrons. The molecule has 0 spiro atoms. The highest BCUT2D eigenvalue weighted by atomic mass is 79.9. The zero-order chi connectivity index (χ0) is 91.8. The number of fused-ring (bicyclic) bond motifs is 5. The number of pyridine rings is 5. The Balaban J connectivity index is 0.000000152. The second kappa shape index (κ2) is 40.6. The van der Waals surface area contributed by atoms with E-state index >= 15 is 0 Å². The molecule has 0 aliphatic carbocycles. The summed E-state index contributed by atoms with van der Waals surface area (Å²) in [6.45, 7) is 19.2. The topological polar surface area (TPSA) is 532 Å². The van der Waals surface area contributed by atoms with Crippen LogP contribution < -0.4 is 28.7 Å². The Kier molecular flexibility index (Phi) is 32.2. The second-order valence-corrected chi connectivity index (χ2v) is 58.9. The number of aryl methyl sites for hydroxylation is 2. The van der Waals surface area contributed by atoms with E-state index in [1.807, 2.05) is 4.57 Å². The number of nitrogens with two attached hydrogens (primary N) is 5. The average molecular weight is 1920 g/mol. The normalized spacial score (nSPS) is 27.2. The van der Waals surface area contributed by atoms with Gasteiger partial charge in [0.05, 0.1) is 59.0 Å². The SMILES string of the molecule is C=P(C)(C)CC[C@H]1OC(n2c(Br)nc3c(N)ccnc32)[C@H](O)[C@@H]1O.C=P(C)(C)CC[C@H]1OC(n2c(CCC)nc3c(N)ccnc32)[C@H](O)[C@@H]1O.C=P(C)(C)CC[C@H]1OC(n2c(CCCC)nc3c(N)ccnc32)[C@H](O)[C@@H]1O.C=P(C)(C)CC[C@H]1OC(n2c(Cl)nc3c(N)ccnc32)[C@H](O)[C@@H]1O.C=P(C)(C)CC[C@H]1OC(n2c(F)nc3c(N)ccnc32)[C@H](O)[C@@H]1O. The predicted molar refractivity (Wildman–Crippen MR) is 511 cm³/mol. The highest BCUT2D eigenvalue weighted by Gasteiger charge is 2.50. The summed E-state index contributed by atoms with van der Waals surface area (Å²) in [6, 6.07) is 8.23. The Morgan fingerprint density at radius 2 is 0.608 bits per heavy atom. The van der Waals surface area contributed by atoms with Crippen molar-refractivity contribution in [3.8, 4) is 0 Å².